The molecule has 13 heavy (non-hydrogen) atoms. The Labute approximate surface area is 100 Å². The molecule has 1 heterocycles. The number of carbonyl (C=O) groups excluding carboxylic acids is 1. The minimum atomic E-state index is -2.71. The second kappa shape index (κ2) is 4.58. The zero-order valence-electron chi connectivity index (χ0n) is 6.10. The highest BCUT2D eigenvalue weighted by atomic mass is 127. The van der Waals surface area contributed by atoms with Gasteiger partial charge in [0.25, 0.3) is 6.43 Å². The molecule has 0 amide bonds. The van der Waals surface area contributed by atoms with Crippen LogP contribution in [0.15, 0.2) is 6.07 Å². The number of hydrogen-bond donors (Lipinski definition) is 0. The van der Waals surface area contributed by atoms with Crippen molar-refractivity contribution in [3.63, 3.8) is 0 Å². The average molecular weight is 409 g/mol. The minimum Gasteiger partial charge on any atom is -0.298 e. The summed E-state index contributed by atoms with van der Waals surface area (Å²) in [5, 5.41) is 0. The van der Waals surface area contributed by atoms with Crippen molar-refractivity contribution in [3.05, 3.63) is 24.6 Å². The highest BCUT2D eigenvalue weighted by Gasteiger charge is 2.17. The summed E-state index contributed by atoms with van der Waals surface area (Å²) in [6.07, 6.45) is -2.30. The molecule has 0 aliphatic carbocycles. The summed E-state index contributed by atoms with van der Waals surface area (Å²) in [7, 11) is 0. The molecule has 0 radical (unpaired) electrons. The van der Waals surface area contributed by atoms with E-state index < -0.39 is 12.1 Å². The van der Waals surface area contributed by atoms with Gasteiger partial charge in [0.1, 0.15) is 9.39 Å². The third kappa shape index (κ3) is 2.55. The van der Waals surface area contributed by atoms with Crippen LogP contribution in [0.1, 0.15) is 22.5 Å². The number of alkyl halides is 2. The van der Waals surface area contributed by atoms with Crippen molar-refractivity contribution in [2.75, 3.05) is 0 Å². The summed E-state index contributed by atoms with van der Waals surface area (Å²) < 4.78 is 25.7. The van der Waals surface area contributed by atoms with E-state index in [2.05, 4.69) is 4.98 Å². The predicted molar refractivity (Wildman–Crippen MR) is 60.0 cm³/mol. The molecule has 0 fully saturated rings. The molecule has 1 aromatic heterocycles. The molecule has 0 bridgehead atoms. The van der Waals surface area contributed by atoms with Crippen LogP contribution in [0.2, 0.25) is 0 Å². The van der Waals surface area contributed by atoms with E-state index in [1.165, 1.54) is 0 Å². The maximum absolute atomic E-state index is 12.3. The first-order chi connectivity index (χ1) is 6.06. The summed E-state index contributed by atoms with van der Waals surface area (Å²) in [4.78, 5) is 14.1. The van der Waals surface area contributed by atoms with Crippen LogP contribution in [0.25, 0.3) is 0 Å². The van der Waals surface area contributed by atoms with E-state index in [-0.39, 0.29) is 5.56 Å². The van der Waals surface area contributed by atoms with Gasteiger partial charge >= 0.3 is 0 Å². The second-order valence-electron chi connectivity index (χ2n) is 2.14. The topological polar surface area (TPSA) is 30.0 Å². The van der Waals surface area contributed by atoms with Gasteiger partial charge in [-0.2, -0.15) is 0 Å². The lowest BCUT2D eigenvalue weighted by atomic mass is 10.2. The van der Waals surface area contributed by atoms with Gasteiger partial charge in [-0.1, -0.05) is 0 Å². The SMILES string of the molecule is O=Cc1c(I)cc(I)nc1C(F)F. The Morgan fingerprint density at radius 3 is 2.54 bits per heavy atom. The van der Waals surface area contributed by atoms with Crippen molar-refractivity contribution in [2.45, 2.75) is 6.43 Å². The molecule has 0 atom stereocenters. The smallest absolute Gasteiger partial charge is 0.281 e. The summed E-state index contributed by atoms with van der Waals surface area (Å²) in [6.45, 7) is 0. The fourth-order valence-corrected chi connectivity index (χ4v) is 2.66. The second-order valence-corrected chi connectivity index (χ2v) is 4.41. The van der Waals surface area contributed by atoms with Gasteiger partial charge in [-0.15, -0.1) is 0 Å². The first kappa shape index (κ1) is 11.2. The zero-order valence-corrected chi connectivity index (χ0v) is 10.4. The summed E-state index contributed by atoms with van der Waals surface area (Å²) in [5.74, 6) is 0. The molecule has 6 heteroatoms. The number of carbonyl (C=O) groups is 1. The fraction of sp³-hybridized carbons (Fsp3) is 0.143. The van der Waals surface area contributed by atoms with E-state index in [0.29, 0.717) is 13.6 Å². The van der Waals surface area contributed by atoms with Crippen LogP contribution in [-0.2, 0) is 0 Å². The Hall–Kier alpha value is 0.140. The number of aromatic nitrogens is 1. The van der Waals surface area contributed by atoms with Crippen molar-refractivity contribution >= 4 is 51.5 Å². The van der Waals surface area contributed by atoms with Crippen molar-refractivity contribution in [3.8, 4) is 0 Å². The maximum atomic E-state index is 12.3. The van der Waals surface area contributed by atoms with Gasteiger partial charge in [0.2, 0.25) is 0 Å². The van der Waals surface area contributed by atoms with E-state index in [1.807, 2.05) is 45.2 Å². The third-order valence-corrected chi connectivity index (χ3v) is 2.78. The van der Waals surface area contributed by atoms with Crippen molar-refractivity contribution in [1.82, 2.24) is 4.98 Å². The highest BCUT2D eigenvalue weighted by Crippen LogP contribution is 2.24. The van der Waals surface area contributed by atoms with Gasteiger partial charge in [0, 0.05) is 3.57 Å². The first-order valence-corrected chi connectivity index (χ1v) is 5.31. The molecular formula is C7H3F2I2NO. The van der Waals surface area contributed by atoms with E-state index in [4.69, 9.17) is 0 Å². The van der Waals surface area contributed by atoms with Crippen LogP contribution in [0.4, 0.5) is 8.78 Å². The molecule has 0 aliphatic heterocycles. The van der Waals surface area contributed by atoms with Crippen molar-refractivity contribution < 1.29 is 13.6 Å². The third-order valence-electron chi connectivity index (χ3n) is 1.33. The summed E-state index contributed by atoms with van der Waals surface area (Å²) in [6, 6.07) is 1.58. The van der Waals surface area contributed by atoms with Crippen LogP contribution in [0.5, 0.6) is 0 Å². The molecule has 0 saturated carbocycles. The molecule has 0 N–H and O–H groups in total. The normalized spacial score (nSPS) is 10.5. The van der Waals surface area contributed by atoms with Crippen LogP contribution in [0, 0.1) is 7.27 Å². The van der Waals surface area contributed by atoms with E-state index in [0.717, 1.165) is 0 Å². The largest absolute Gasteiger partial charge is 0.298 e. The highest BCUT2D eigenvalue weighted by molar-refractivity contribution is 14.1. The Balaban J connectivity index is 3.38. The summed E-state index contributed by atoms with van der Waals surface area (Å²) in [5.41, 5.74) is -0.456. The standard InChI is InChI=1S/C7H3F2I2NO/c8-7(9)6-3(2-13)4(10)1-5(11)12-6/h1-2,7H. The number of rotatable bonds is 2. The van der Waals surface area contributed by atoms with E-state index in [1.54, 1.807) is 6.07 Å². The number of pyridine rings is 1. The summed E-state index contributed by atoms with van der Waals surface area (Å²) >= 11 is 3.67. The molecule has 1 rings (SSSR count). The molecular weight excluding hydrogens is 406 g/mol. The van der Waals surface area contributed by atoms with Crippen molar-refractivity contribution in [2.24, 2.45) is 0 Å². The van der Waals surface area contributed by atoms with Gasteiger partial charge in [-0.3, -0.25) is 4.79 Å². The van der Waals surface area contributed by atoms with Gasteiger partial charge in [-0.05, 0) is 51.2 Å². The molecule has 70 valence electrons. The quantitative estimate of drug-likeness (QED) is 0.427. The number of nitrogens with zero attached hydrogens (tertiary/aromatic N) is 1. The van der Waals surface area contributed by atoms with E-state index >= 15 is 0 Å². The number of halogens is 4. The average Bonchev–Trinajstić information content (AvgIpc) is 2.02. The molecule has 0 spiro atoms. The molecule has 1 aromatic rings. The monoisotopic (exact) mass is 409 g/mol. The van der Waals surface area contributed by atoms with Crippen LogP contribution in [0.3, 0.4) is 0 Å². The minimum absolute atomic E-state index is 0.0176. The Morgan fingerprint density at radius 2 is 2.08 bits per heavy atom. The lowest BCUT2D eigenvalue weighted by Crippen LogP contribution is -2.02. The zero-order chi connectivity index (χ0) is 10.0. The molecule has 0 unspecified atom stereocenters. The van der Waals surface area contributed by atoms with Gasteiger partial charge in [0.15, 0.2) is 6.29 Å². The van der Waals surface area contributed by atoms with Gasteiger partial charge < -0.3 is 0 Å². The molecule has 0 aromatic carbocycles. The van der Waals surface area contributed by atoms with Crippen molar-refractivity contribution in [1.29, 1.82) is 0 Å². The predicted octanol–water partition coefficient (Wildman–Crippen LogP) is 3.04. The molecule has 2 nitrogen and oxygen atoms in total. The Kier molecular flexibility index (Phi) is 3.95. The van der Waals surface area contributed by atoms with Gasteiger partial charge in [-0.25, -0.2) is 13.8 Å². The first-order valence-electron chi connectivity index (χ1n) is 3.15. The Morgan fingerprint density at radius 1 is 1.46 bits per heavy atom. The van der Waals surface area contributed by atoms with Gasteiger partial charge in [0.05, 0.1) is 5.56 Å². The lowest BCUT2D eigenvalue weighted by Gasteiger charge is -2.04. The lowest BCUT2D eigenvalue weighted by molar-refractivity contribution is 0.110. The molecule has 0 saturated heterocycles. The van der Waals surface area contributed by atoms with Crippen LogP contribution < -0.4 is 0 Å². The number of hydrogen-bond acceptors (Lipinski definition) is 2. The maximum Gasteiger partial charge on any atom is 0.281 e. The van der Waals surface area contributed by atoms with Crippen LogP contribution in [-0.4, -0.2) is 11.3 Å². The van der Waals surface area contributed by atoms with E-state index in [9.17, 15) is 13.6 Å². The van der Waals surface area contributed by atoms with Crippen LogP contribution >= 0.6 is 45.2 Å². The molecule has 0 aliphatic rings. The fourth-order valence-electron chi connectivity index (χ4n) is 0.795. The Bertz CT molecular complexity index is 344. The number of aldehydes is 1.